The topological polar surface area (TPSA) is 86.1 Å². The molecule has 0 fully saturated rings. The molecule has 2 heterocycles. The van der Waals surface area contributed by atoms with Gasteiger partial charge in [-0.1, -0.05) is 31.5 Å². The third kappa shape index (κ3) is 5.25. The van der Waals surface area contributed by atoms with Crippen molar-refractivity contribution in [2.45, 2.75) is 25.9 Å². The molecule has 32 heavy (non-hydrogen) atoms. The van der Waals surface area contributed by atoms with Crippen LogP contribution in [0.1, 0.15) is 41.4 Å². The summed E-state index contributed by atoms with van der Waals surface area (Å²) in [5.41, 5.74) is -0.954. The molecule has 168 valence electrons. The first-order valence-corrected chi connectivity index (χ1v) is 9.78. The Labute approximate surface area is 186 Å². The van der Waals surface area contributed by atoms with Gasteiger partial charge in [0.1, 0.15) is 5.56 Å². The quantitative estimate of drug-likeness (QED) is 0.524. The van der Waals surface area contributed by atoms with Gasteiger partial charge < -0.3 is 10.1 Å². The van der Waals surface area contributed by atoms with E-state index >= 15 is 0 Å². The molecule has 0 unspecified atom stereocenters. The highest BCUT2D eigenvalue weighted by atomic mass is 35.5. The maximum atomic E-state index is 13.2. The van der Waals surface area contributed by atoms with Gasteiger partial charge in [-0.3, -0.25) is 4.79 Å². The highest BCUT2D eigenvalue weighted by molar-refractivity contribution is 6.30. The molecule has 11 heteroatoms. The SMILES string of the molecule is CC(C)c1c(C(=O)OCC(=O)Nc2ccc(Cl)cc2C(F)(F)F)cnn1-c1ccccn1. The van der Waals surface area contributed by atoms with E-state index in [2.05, 4.69) is 15.4 Å². The molecular formula is C21H18ClF3N4O3. The van der Waals surface area contributed by atoms with Crippen LogP contribution in [0.3, 0.4) is 0 Å². The third-order valence-corrected chi connectivity index (χ3v) is 4.57. The van der Waals surface area contributed by atoms with Crippen LogP contribution in [-0.4, -0.2) is 33.2 Å². The van der Waals surface area contributed by atoms with Crippen LogP contribution < -0.4 is 5.32 Å². The van der Waals surface area contributed by atoms with Crippen LogP contribution in [0, 0.1) is 0 Å². The van der Waals surface area contributed by atoms with E-state index < -0.39 is 35.9 Å². The lowest BCUT2D eigenvalue weighted by atomic mass is 10.1. The summed E-state index contributed by atoms with van der Waals surface area (Å²) in [4.78, 5) is 28.9. The molecule has 3 aromatic rings. The Morgan fingerprint density at radius 3 is 2.59 bits per heavy atom. The van der Waals surface area contributed by atoms with Crippen LogP contribution in [0.15, 0.2) is 48.8 Å². The van der Waals surface area contributed by atoms with Gasteiger partial charge in [-0.05, 0) is 36.2 Å². The summed E-state index contributed by atoms with van der Waals surface area (Å²) < 4.78 is 46.0. The number of anilines is 1. The van der Waals surface area contributed by atoms with E-state index in [1.165, 1.54) is 16.9 Å². The van der Waals surface area contributed by atoms with Crippen molar-refractivity contribution in [2.75, 3.05) is 11.9 Å². The molecule has 0 atom stereocenters. The molecule has 0 aliphatic rings. The molecule has 0 saturated heterocycles. The number of amides is 1. The van der Waals surface area contributed by atoms with Crippen molar-refractivity contribution in [1.29, 1.82) is 0 Å². The number of halogens is 4. The molecular weight excluding hydrogens is 449 g/mol. The van der Waals surface area contributed by atoms with E-state index in [1.807, 2.05) is 13.8 Å². The summed E-state index contributed by atoms with van der Waals surface area (Å²) in [5.74, 6) is -1.41. The van der Waals surface area contributed by atoms with Crippen molar-refractivity contribution in [1.82, 2.24) is 14.8 Å². The van der Waals surface area contributed by atoms with Gasteiger partial charge in [-0.15, -0.1) is 0 Å². The van der Waals surface area contributed by atoms with E-state index in [1.54, 1.807) is 24.4 Å². The maximum absolute atomic E-state index is 13.2. The second-order valence-corrected chi connectivity index (χ2v) is 7.45. The number of ether oxygens (including phenoxy) is 1. The van der Waals surface area contributed by atoms with E-state index in [4.69, 9.17) is 16.3 Å². The molecule has 2 aromatic heterocycles. The van der Waals surface area contributed by atoms with E-state index in [0.29, 0.717) is 17.6 Å². The average Bonchev–Trinajstić information content (AvgIpc) is 3.19. The fourth-order valence-corrected chi connectivity index (χ4v) is 3.16. The number of hydrogen-bond donors (Lipinski definition) is 1. The van der Waals surface area contributed by atoms with Gasteiger partial charge in [-0.2, -0.15) is 18.3 Å². The van der Waals surface area contributed by atoms with Crippen molar-refractivity contribution in [2.24, 2.45) is 0 Å². The van der Waals surface area contributed by atoms with Gasteiger partial charge in [0.15, 0.2) is 12.4 Å². The highest BCUT2D eigenvalue weighted by Crippen LogP contribution is 2.36. The highest BCUT2D eigenvalue weighted by Gasteiger charge is 2.34. The number of rotatable bonds is 6. The van der Waals surface area contributed by atoms with Gasteiger partial charge in [0.25, 0.3) is 5.91 Å². The predicted molar refractivity (Wildman–Crippen MR) is 111 cm³/mol. The van der Waals surface area contributed by atoms with Crippen LogP contribution >= 0.6 is 11.6 Å². The standard InChI is InChI=1S/C21H18ClF3N4O3/c1-12(2)19-14(10-27-29(19)17-5-3-4-8-26-17)20(31)32-11-18(30)28-16-7-6-13(22)9-15(16)21(23,24)25/h3-10,12H,11H2,1-2H3,(H,28,30). The van der Waals surface area contributed by atoms with Gasteiger partial charge in [-0.25, -0.2) is 14.5 Å². The van der Waals surface area contributed by atoms with Crippen LogP contribution in [0.25, 0.3) is 5.82 Å². The van der Waals surface area contributed by atoms with Crippen molar-refractivity contribution < 1.29 is 27.5 Å². The Kier molecular flexibility index (Phi) is 6.83. The van der Waals surface area contributed by atoms with E-state index in [-0.39, 0.29) is 16.5 Å². The second kappa shape index (κ2) is 9.39. The zero-order valence-electron chi connectivity index (χ0n) is 17.0. The molecule has 1 amide bonds. The predicted octanol–water partition coefficient (Wildman–Crippen LogP) is 4.86. The minimum atomic E-state index is -4.73. The monoisotopic (exact) mass is 466 g/mol. The number of hydrogen-bond acceptors (Lipinski definition) is 5. The maximum Gasteiger partial charge on any atom is 0.418 e. The molecule has 0 radical (unpaired) electrons. The number of nitrogens with one attached hydrogen (secondary N) is 1. The number of aromatic nitrogens is 3. The molecule has 0 bridgehead atoms. The number of alkyl halides is 3. The minimum absolute atomic E-state index is 0.126. The molecule has 0 saturated carbocycles. The molecule has 0 aliphatic carbocycles. The van der Waals surface area contributed by atoms with Crippen molar-refractivity contribution >= 4 is 29.2 Å². The molecule has 0 spiro atoms. The van der Waals surface area contributed by atoms with E-state index in [0.717, 1.165) is 6.07 Å². The summed E-state index contributed by atoms with van der Waals surface area (Å²) in [6.07, 6.45) is -1.85. The van der Waals surface area contributed by atoms with Crippen LogP contribution in [-0.2, 0) is 15.7 Å². The minimum Gasteiger partial charge on any atom is -0.452 e. The van der Waals surface area contributed by atoms with Crippen LogP contribution in [0.5, 0.6) is 0 Å². The lowest BCUT2D eigenvalue weighted by Gasteiger charge is -2.14. The van der Waals surface area contributed by atoms with Crippen LogP contribution in [0.2, 0.25) is 5.02 Å². The summed E-state index contributed by atoms with van der Waals surface area (Å²) in [5, 5.41) is 6.15. The van der Waals surface area contributed by atoms with Gasteiger partial charge in [0.05, 0.1) is 23.1 Å². The number of benzene rings is 1. The van der Waals surface area contributed by atoms with E-state index in [9.17, 15) is 22.8 Å². The Balaban J connectivity index is 1.73. The number of pyridine rings is 1. The fraction of sp³-hybridized carbons (Fsp3) is 0.238. The van der Waals surface area contributed by atoms with Gasteiger partial charge in [0, 0.05) is 11.2 Å². The zero-order valence-corrected chi connectivity index (χ0v) is 17.7. The lowest BCUT2D eigenvalue weighted by molar-refractivity contribution is -0.137. The van der Waals surface area contributed by atoms with Gasteiger partial charge in [0.2, 0.25) is 0 Å². The number of carbonyl (C=O) groups is 2. The Morgan fingerprint density at radius 2 is 1.97 bits per heavy atom. The molecule has 1 aromatic carbocycles. The molecule has 7 nitrogen and oxygen atoms in total. The first-order chi connectivity index (χ1) is 15.1. The van der Waals surface area contributed by atoms with Crippen molar-refractivity contribution in [3.8, 4) is 5.82 Å². The summed E-state index contributed by atoms with van der Waals surface area (Å²) in [7, 11) is 0. The van der Waals surface area contributed by atoms with Gasteiger partial charge >= 0.3 is 12.1 Å². The molecule has 3 rings (SSSR count). The summed E-state index contributed by atoms with van der Waals surface area (Å²) in [6, 6.07) is 8.15. The average molecular weight is 467 g/mol. The first kappa shape index (κ1) is 23.3. The molecule has 1 N–H and O–H groups in total. The zero-order chi connectivity index (χ0) is 23.5. The van der Waals surface area contributed by atoms with Crippen LogP contribution in [0.4, 0.5) is 18.9 Å². The smallest absolute Gasteiger partial charge is 0.418 e. The lowest BCUT2D eigenvalue weighted by Crippen LogP contribution is -2.23. The Hall–Kier alpha value is -3.40. The first-order valence-electron chi connectivity index (χ1n) is 9.41. The summed E-state index contributed by atoms with van der Waals surface area (Å²) >= 11 is 5.62. The summed E-state index contributed by atoms with van der Waals surface area (Å²) in [6.45, 7) is 2.91. The Morgan fingerprint density at radius 1 is 1.22 bits per heavy atom. The van der Waals surface area contributed by atoms with Crippen molar-refractivity contribution in [3.63, 3.8) is 0 Å². The third-order valence-electron chi connectivity index (χ3n) is 4.33. The molecule has 0 aliphatic heterocycles. The number of carbonyl (C=O) groups excluding carboxylic acids is 2. The second-order valence-electron chi connectivity index (χ2n) is 7.01. The normalized spacial score (nSPS) is 11.5. The largest absolute Gasteiger partial charge is 0.452 e. The van der Waals surface area contributed by atoms with Crippen molar-refractivity contribution in [3.05, 3.63) is 70.6 Å². The number of esters is 1. The Bertz CT molecular complexity index is 1130. The number of nitrogens with zero attached hydrogens (tertiary/aromatic N) is 3. The fourth-order valence-electron chi connectivity index (χ4n) is 2.99.